The number of allylic oxidation sites excluding steroid dienone is 2. The molecule has 1 aliphatic heterocycles. The Morgan fingerprint density at radius 3 is 2.95 bits per heavy atom. The van der Waals surface area contributed by atoms with Gasteiger partial charge in [0.15, 0.2) is 0 Å². The van der Waals surface area contributed by atoms with Crippen molar-refractivity contribution in [2.24, 2.45) is 0 Å². The molecule has 21 heavy (non-hydrogen) atoms. The number of nitrogens with zero attached hydrogens (tertiary/aromatic N) is 1. The molecular formula is C13H10NO5S2-. The Morgan fingerprint density at radius 2 is 2.38 bits per heavy atom. The van der Waals surface area contributed by atoms with Crippen LogP contribution in [0.25, 0.3) is 6.08 Å². The van der Waals surface area contributed by atoms with Crippen molar-refractivity contribution in [1.82, 2.24) is 4.90 Å². The van der Waals surface area contributed by atoms with Gasteiger partial charge < -0.3 is 19.4 Å². The van der Waals surface area contributed by atoms with Crippen LogP contribution in [-0.2, 0) is 9.59 Å². The van der Waals surface area contributed by atoms with Gasteiger partial charge >= 0.3 is 0 Å². The standard InChI is InChI=1S/C13H11NO5S2/c15-7-9(12(17)18)14-11(16)10(21-13(14)20)5-1-3-8-4-2-6-19-8/h1-6,9,15H,7H2,(H,17,18)/p-1/b3-1+,10-5-/t9-/m0/s1. The molecule has 1 atom stereocenters. The Bertz CT molecular complexity index is 621. The Labute approximate surface area is 129 Å². The number of hydrogen-bond donors (Lipinski definition) is 1. The number of amides is 1. The second kappa shape index (κ2) is 6.70. The van der Waals surface area contributed by atoms with Crippen LogP contribution in [0.5, 0.6) is 0 Å². The van der Waals surface area contributed by atoms with E-state index in [1.54, 1.807) is 24.3 Å². The second-order valence-corrected chi connectivity index (χ2v) is 5.64. The molecule has 0 aromatic carbocycles. The van der Waals surface area contributed by atoms with Crippen LogP contribution in [0.3, 0.4) is 0 Å². The van der Waals surface area contributed by atoms with Crippen LogP contribution >= 0.6 is 24.0 Å². The highest BCUT2D eigenvalue weighted by Crippen LogP contribution is 2.32. The van der Waals surface area contributed by atoms with E-state index in [2.05, 4.69) is 0 Å². The summed E-state index contributed by atoms with van der Waals surface area (Å²) in [4.78, 5) is 24.1. The molecule has 1 N–H and O–H groups in total. The number of thiocarbonyl (C=S) groups is 1. The van der Waals surface area contributed by atoms with Crippen LogP contribution in [-0.4, -0.2) is 38.9 Å². The number of aliphatic hydroxyl groups excluding tert-OH is 1. The van der Waals surface area contributed by atoms with E-state index < -0.39 is 24.5 Å². The van der Waals surface area contributed by atoms with Gasteiger partial charge in [-0.3, -0.25) is 9.69 Å². The number of hydrogen-bond acceptors (Lipinski definition) is 7. The molecule has 110 valence electrons. The lowest BCUT2D eigenvalue weighted by molar-refractivity contribution is -0.311. The number of carboxylic acids is 1. The van der Waals surface area contributed by atoms with E-state index in [4.69, 9.17) is 21.7 Å². The molecule has 8 heteroatoms. The lowest BCUT2D eigenvalue weighted by atomic mass is 10.2. The topological polar surface area (TPSA) is 93.8 Å². The fourth-order valence-corrected chi connectivity index (χ4v) is 2.95. The van der Waals surface area contributed by atoms with Crippen LogP contribution in [0.15, 0.2) is 39.9 Å². The van der Waals surface area contributed by atoms with E-state index in [1.165, 1.54) is 12.3 Å². The molecule has 0 spiro atoms. The summed E-state index contributed by atoms with van der Waals surface area (Å²) in [5.41, 5.74) is 0. The van der Waals surface area contributed by atoms with Crippen molar-refractivity contribution >= 4 is 46.3 Å². The van der Waals surface area contributed by atoms with Crippen LogP contribution < -0.4 is 5.11 Å². The van der Waals surface area contributed by atoms with Crippen molar-refractivity contribution in [2.45, 2.75) is 6.04 Å². The van der Waals surface area contributed by atoms with Crippen molar-refractivity contribution in [1.29, 1.82) is 0 Å². The zero-order chi connectivity index (χ0) is 15.4. The van der Waals surface area contributed by atoms with Crippen LogP contribution in [0.2, 0.25) is 0 Å². The molecule has 0 unspecified atom stereocenters. The molecule has 1 amide bonds. The monoisotopic (exact) mass is 324 g/mol. The van der Waals surface area contributed by atoms with E-state index in [-0.39, 0.29) is 9.23 Å². The predicted octanol–water partition coefficient (Wildman–Crippen LogP) is 0.148. The molecule has 2 heterocycles. The third-order valence-electron chi connectivity index (χ3n) is 2.63. The molecule has 6 nitrogen and oxygen atoms in total. The number of thioether (sulfide) groups is 1. The van der Waals surface area contributed by atoms with E-state index in [0.29, 0.717) is 5.76 Å². The lowest BCUT2D eigenvalue weighted by Crippen LogP contribution is -2.51. The van der Waals surface area contributed by atoms with Crippen molar-refractivity contribution in [2.75, 3.05) is 6.61 Å². The highest BCUT2D eigenvalue weighted by Gasteiger charge is 2.37. The smallest absolute Gasteiger partial charge is 0.266 e. The number of furan rings is 1. The third kappa shape index (κ3) is 3.41. The first-order chi connectivity index (χ1) is 10.0. The van der Waals surface area contributed by atoms with Crippen LogP contribution in [0.1, 0.15) is 5.76 Å². The van der Waals surface area contributed by atoms with Gasteiger partial charge in [0.2, 0.25) is 0 Å². The maximum absolute atomic E-state index is 12.1. The molecule has 0 radical (unpaired) electrons. The zero-order valence-corrected chi connectivity index (χ0v) is 12.2. The van der Waals surface area contributed by atoms with Gasteiger partial charge in [-0.1, -0.05) is 30.1 Å². The molecule has 2 rings (SSSR count). The summed E-state index contributed by atoms with van der Waals surface area (Å²) in [6, 6.07) is 2.00. The summed E-state index contributed by atoms with van der Waals surface area (Å²) < 4.78 is 5.16. The molecule has 1 fully saturated rings. The average Bonchev–Trinajstić information content (AvgIpc) is 3.03. The van der Waals surface area contributed by atoms with Crippen molar-refractivity contribution in [3.05, 3.63) is 41.2 Å². The Hall–Kier alpha value is -1.90. The van der Waals surface area contributed by atoms with E-state index in [9.17, 15) is 14.7 Å². The fraction of sp³-hybridized carbons (Fsp3) is 0.154. The second-order valence-electron chi connectivity index (χ2n) is 3.97. The maximum atomic E-state index is 12.1. The lowest BCUT2D eigenvalue weighted by Gasteiger charge is -2.25. The minimum absolute atomic E-state index is 0.0703. The molecule has 0 bridgehead atoms. The zero-order valence-electron chi connectivity index (χ0n) is 10.6. The normalized spacial score (nSPS) is 18.9. The first-order valence-corrected chi connectivity index (χ1v) is 7.06. The van der Waals surface area contributed by atoms with Crippen molar-refractivity contribution in [3.8, 4) is 0 Å². The highest BCUT2D eigenvalue weighted by atomic mass is 32.2. The van der Waals surface area contributed by atoms with Gasteiger partial charge in [-0.25, -0.2) is 0 Å². The summed E-state index contributed by atoms with van der Waals surface area (Å²) in [6.45, 7) is -0.760. The molecule has 0 saturated carbocycles. The molecule has 1 aromatic rings. The molecular weight excluding hydrogens is 314 g/mol. The van der Waals surface area contributed by atoms with E-state index in [0.717, 1.165) is 16.7 Å². The first-order valence-electron chi connectivity index (χ1n) is 5.83. The number of carboxylic acid groups (broad SMARTS) is 1. The van der Waals surface area contributed by atoms with Gasteiger partial charge in [-0.05, 0) is 24.3 Å². The quantitative estimate of drug-likeness (QED) is 0.608. The number of carbonyl (C=O) groups excluding carboxylic acids is 2. The molecule has 1 aromatic heterocycles. The van der Waals surface area contributed by atoms with Gasteiger partial charge in [0, 0.05) is 0 Å². The Morgan fingerprint density at radius 1 is 1.62 bits per heavy atom. The Balaban J connectivity index is 2.15. The van der Waals surface area contributed by atoms with Gasteiger partial charge in [0.25, 0.3) is 5.91 Å². The predicted molar refractivity (Wildman–Crippen MR) is 78.7 cm³/mol. The fourth-order valence-electron chi connectivity index (χ4n) is 1.64. The summed E-state index contributed by atoms with van der Waals surface area (Å²) >= 11 is 5.93. The summed E-state index contributed by atoms with van der Waals surface area (Å²) in [5.74, 6) is -1.51. The average molecular weight is 324 g/mol. The van der Waals surface area contributed by atoms with Crippen molar-refractivity contribution < 1.29 is 24.2 Å². The van der Waals surface area contributed by atoms with E-state index in [1.807, 2.05) is 0 Å². The van der Waals surface area contributed by atoms with Gasteiger partial charge in [-0.15, -0.1) is 0 Å². The van der Waals surface area contributed by atoms with Gasteiger partial charge in [0.05, 0.1) is 23.7 Å². The van der Waals surface area contributed by atoms with Gasteiger partial charge in [0.1, 0.15) is 16.1 Å². The van der Waals surface area contributed by atoms with Crippen LogP contribution in [0, 0.1) is 0 Å². The first kappa shape index (κ1) is 15.5. The van der Waals surface area contributed by atoms with Gasteiger partial charge in [-0.2, -0.15) is 0 Å². The summed E-state index contributed by atoms with van der Waals surface area (Å²) in [7, 11) is 0. The number of carbonyl (C=O) groups is 2. The number of rotatable bonds is 5. The number of aliphatic carboxylic acids is 1. The van der Waals surface area contributed by atoms with Crippen molar-refractivity contribution in [3.63, 3.8) is 0 Å². The largest absolute Gasteiger partial charge is 0.548 e. The Kier molecular flexibility index (Phi) is 4.94. The van der Waals surface area contributed by atoms with E-state index >= 15 is 0 Å². The SMILES string of the molecule is O=C([O-])[C@H](CO)N1C(=O)/C(=C/C=C/c2ccco2)SC1=S. The maximum Gasteiger partial charge on any atom is 0.266 e. The minimum Gasteiger partial charge on any atom is -0.548 e. The molecule has 1 aliphatic rings. The third-order valence-corrected chi connectivity index (χ3v) is 3.98. The summed E-state index contributed by atoms with van der Waals surface area (Å²) in [5, 5.41) is 20.0. The highest BCUT2D eigenvalue weighted by molar-refractivity contribution is 8.26. The summed E-state index contributed by atoms with van der Waals surface area (Å²) in [6.07, 6.45) is 6.27. The van der Waals surface area contributed by atoms with Crippen LogP contribution in [0.4, 0.5) is 0 Å². The molecule has 0 aliphatic carbocycles. The minimum atomic E-state index is -1.55. The molecule has 1 saturated heterocycles. The number of aliphatic hydroxyl groups is 1.